The Morgan fingerprint density at radius 3 is 2.23 bits per heavy atom. The van der Waals surface area contributed by atoms with Gasteiger partial charge in [-0.15, -0.1) is 0 Å². The van der Waals surface area contributed by atoms with E-state index >= 15 is 0 Å². The molecule has 0 aromatic heterocycles. The Bertz CT molecular complexity index is 836. The molecule has 196 valence electrons. The van der Waals surface area contributed by atoms with Crippen LogP contribution in [-0.2, 0) is 0 Å². The van der Waals surface area contributed by atoms with Crippen LogP contribution in [0, 0.1) is 5.92 Å². The highest BCUT2D eigenvalue weighted by molar-refractivity contribution is 5.56. The van der Waals surface area contributed by atoms with Gasteiger partial charge in [0.25, 0.3) is 0 Å². The van der Waals surface area contributed by atoms with E-state index in [-0.39, 0.29) is 0 Å². The van der Waals surface area contributed by atoms with E-state index in [9.17, 15) is 0 Å². The van der Waals surface area contributed by atoms with Gasteiger partial charge in [0.1, 0.15) is 23.9 Å². The molecule has 1 atom stereocenters. The minimum Gasteiger partial charge on any atom is -0.497 e. The Morgan fingerprint density at radius 2 is 1.54 bits per heavy atom. The molecule has 0 aliphatic carbocycles. The van der Waals surface area contributed by atoms with Crippen LogP contribution < -0.4 is 19.5 Å². The van der Waals surface area contributed by atoms with Crippen LogP contribution in [0.1, 0.15) is 71.3 Å². The molecule has 1 N–H and O–H groups in total. The molecule has 0 spiro atoms. The average Bonchev–Trinajstić information content (AvgIpc) is 2.88. The Hall–Kier alpha value is -2.40. The third-order valence-corrected chi connectivity index (χ3v) is 6.65. The molecule has 0 saturated heterocycles. The number of nitrogens with zero attached hydrogens (tertiary/aromatic N) is 1. The van der Waals surface area contributed by atoms with Gasteiger partial charge in [0.2, 0.25) is 0 Å². The van der Waals surface area contributed by atoms with Crippen molar-refractivity contribution in [1.29, 1.82) is 0 Å². The number of hydrogen-bond donors (Lipinski definition) is 1. The molecule has 5 nitrogen and oxygen atoms in total. The summed E-state index contributed by atoms with van der Waals surface area (Å²) in [5, 5.41) is 3.43. The quantitative estimate of drug-likeness (QED) is 0.226. The van der Waals surface area contributed by atoms with Gasteiger partial charge in [-0.1, -0.05) is 46.2 Å². The molecule has 0 radical (unpaired) electrons. The van der Waals surface area contributed by atoms with Gasteiger partial charge in [0.05, 0.1) is 13.7 Å². The topological polar surface area (TPSA) is 43.0 Å². The van der Waals surface area contributed by atoms with Crippen molar-refractivity contribution in [2.24, 2.45) is 5.92 Å². The molecular weight excluding hydrogens is 436 g/mol. The van der Waals surface area contributed by atoms with Crippen LogP contribution in [0.4, 0.5) is 5.69 Å². The first-order chi connectivity index (χ1) is 17.0. The van der Waals surface area contributed by atoms with Crippen LogP contribution >= 0.6 is 0 Å². The molecule has 0 aliphatic heterocycles. The van der Waals surface area contributed by atoms with Crippen LogP contribution in [0.15, 0.2) is 42.5 Å². The zero-order valence-corrected chi connectivity index (χ0v) is 22.9. The summed E-state index contributed by atoms with van der Waals surface area (Å²) >= 11 is 0. The Labute approximate surface area is 214 Å². The van der Waals surface area contributed by atoms with E-state index in [1.807, 2.05) is 31.3 Å². The number of benzene rings is 2. The summed E-state index contributed by atoms with van der Waals surface area (Å²) in [5.74, 6) is 3.88. The van der Waals surface area contributed by atoms with Gasteiger partial charge in [-0.05, 0) is 74.4 Å². The highest BCUT2D eigenvalue weighted by Gasteiger charge is 2.17. The minimum absolute atomic E-state index is 0.529. The maximum absolute atomic E-state index is 6.08. The Balaban J connectivity index is 1.95. The molecule has 0 amide bonds. The lowest BCUT2D eigenvalue weighted by atomic mass is 9.86. The van der Waals surface area contributed by atoms with Crippen molar-refractivity contribution in [1.82, 2.24) is 4.90 Å². The van der Waals surface area contributed by atoms with Gasteiger partial charge in [0, 0.05) is 31.4 Å². The van der Waals surface area contributed by atoms with Crippen LogP contribution in [0.25, 0.3) is 0 Å². The van der Waals surface area contributed by atoms with Crippen LogP contribution in [-0.4, -0.2) is 51.9 Å². The van der Waals surface area contributed by atoms with Crippen molar-refractivity contribution < 1.29 is 14.2 Å². The van der Waals surface area contributed by atoms with Crippen molar-refractivity contribution >= 4 is 5.69 Å². The second-order valence-electron chi connectivity index (χ2n) is 9.57. The van der Waals surface area contributed by atoms with Crippen molar-refractivity contribution in [3.63, 3.8) is 0 Å². The summed E-state index contributed by atoms with van der Waals surface area (Å²) in [5.41, 5.74) is 2.59. The van der Waals surface area contributed by atoms with Crippen LogP contribution in [0.5, 0.6) is 17.2 Å². The molecule has 0 bridgehead atoms. The normalized spacial score (nSPS) is 12.1. The molecule has 35 heavy (non-hydrogen) atoms. The number of likely N-dealkylation sites (N-methyl/N-ethyl adjacent to an activating group) is 1. The second-order valence-corrected chi connectivity index (χ2v) is 9.57. The maximum Gasteiger partial charge on any atom is 0.122 e. The van der Waals surface area contributed by atoms with E-state index < -0.39 is 0 Å². The number of ether oxygens (including phenoxy) is 3. The molecule has 2 aromatic rings. The predicted molar refractivity (Wildman–Crippen MR) is 148 cm³/mol. The monoisotopic (exact) mass is 484 g/mol. The van der Waals surface area contributed by atoms with Gasteiger partial charge in [-0.3, -0.25) is 0 Å². The van der Waals surface area contributed by atoms with E-state index in [0.29, 0.717) is 18.4 Å². The SMILES string of the molecule is CCN(CC)CCOc1ccc(C(CCCCOc2cccc(OC)c2)CCC(C)C)c(NC)c1. The lowest BCUT2D eigenvalue weighted by Gasteiger charge is -2.23. The molecule has 0 aliphatic rings. The number of unbranched alkanes of at least 4 members (excludes halogenated alkanes) is 1. The number of methoxy groups -OCH3 is 1. The number of rotatable bonds is 18. The number of hydrogen-bond acceptors (Lipinski definition) is 5. The van der Waals surface area contributed by atoms with Gasteiger partial charge < -0.3 is 24.4 Å². The van der Waals surface area contributed by atoms with E-state index in [2.05, 4.69) is 56.1 Å². The second kappa shape index (κ2) is 16.3. The van der Waals surface area contributed by atoms with Crippen molar-refractivity contribution in [2.75, 3.05) is 52.3 Å². The summed E-state index contributed by atoms with van der Waals surface area (Å²) < 4.78 is 17.3. The smallest absolute Gasteiger partial charge is 0.122 e. The highest BCUT2D eigenvalue weighted by Crippen LogP contribution is 2.35. The average molecular weight is 485 g/mol. The summed E-state index contributed by atoms with van der Waals surface area (Å²) in [6.45, 7) is 13.5. The highest BCUT2D eigenvalue weighted by atomic mass is 16.5. The number of nitrogens with one attached hydrogen (secondary N) is 1. The number of anilines is 1. The first kappa shape index (κ1) is 28.8. The van der Waals surface area contributed by atoms with E-state index in [0.717, 1.165) is 62.8 Å². The van der Waals surface area contributed by atoms with Crippen molar-refractivity contribution in [2.45, 2.75) is 65.7 Å². The third kappa shape index (κ3) is 10.4. The maximum atomic E-state index is 6.08. The van der Waals surface area contributed by atoms with Gasteiger partial charge in [-0.2, -0.15) is 0 Å². The molecule has 2 rings (SSSR count). The molecule has 5 heteroatoms. The van der Waals surface area contributed by atoms with Crippen LogP contribution in [0.2, 0.25) is 0 Å². The van der Waals surface area contributed by atoms with E-state index in [1.165, 1.54) is 24.1 Å². The van der Waals surface area contributed by atoms with Gasteiger partial charge in [-0.25, -0.2) is 0 Å². The Kier molecular flexibility index (Phi) is 13.4. The fourth-order valence-electron chi connectivity index (χ4n) is 4.39. The largest absolute Gasteiger partial charge is 0.497 e. The third-order valence-electron chi connectivity index (χ3n) is 6.65. The fraction of sp³-hybridized carbons (Fsp3) is 0.600. The molecule has 0 heterocycles. The van der Waals surface area contributed by atoms with Crippen molar-refractivity contribution in [3.05, 3.63) is 48.0 Å². The first-order valence-electron chi connectivity index (χ1n) is 13.4. The molecule has 0 fully saturated rings. The molecule has 2 aromatic carbocycles. The lowest BCUT2D eigenvalue weighted by Crippen LogP contribution is -2.27. The standard InChI is InChI=1S/C30H48N2O3/c1-7-32(8-2)19-21-35-28-17-18-29(30(23-28)31-5)25(16-15-24(3)4)12-9-10-20-34-27-14-11-13-26(22-27)33-6/h11,13-14,17-18,22-25,31H,7-10,12,15-16,19-21H2,1-6H3. The first-order valence-corrected chi connectivity index (χ1v) is 13.4. The summed E-state index contributed by atoms with van der Waals surface area (Å²) in [6.07, 6.45) is 5.77. The van der Waals surface area contributed by atoms with E-state index in [4.69, 9.17) is 14.2 Å². The predicted octanol–water partition coefficient (Wildman–Crippen LogP) is 7.23. The molecule has 1 unspecified atom stereocenters. The Morgan fingerprint density at radius 1 is 0.829 bits per heavy atom. The van der Waals surface area contributed by atoms with E-state index in [1.54, 1.807) is 7.11 Å². The zero-order chi connectivity index (χ0) is 25.5. The van der Waals surface area contributed by atoms with Gasteiger partial charge in [0.15, 0.2) is 0 Å². The summed E-state index contributed by atoms with van der Waals surface area (Å²) in [4.78, 5) is 2.38. The van der Waals surface area contributed by atoms with Crippen LogP contribution in [0.3, 0.4) is 0 Å². The van der Waals surface area contributed by atoms with Crippen molar-refractivity contribution in [3.8, 4) is 17.2 Å². The fourth-order valence-corrected chi connectivity index (χ4v) is 4.39. The minimum atomic E-state index is 0.529. The van der Waals surface area contributed by atoms with Gasteiger partial charge >= 0.3 is 0 Å². The summed E-state index contributed by atoms with van der Waals surface area (Å²) in [7, 11) is 3.70. The lowest BCUT2D eigenvalue weighted by molar-refractivity contribution is 0.223. The molecule has 0 saturated carbocycles. The zero-order valence-electron chi connectivity index (χ0n) is 22.9. The summed E-state index contributed by atoms with van der Waals surface area (Å²) in [6, 6.07) is 14.4. The molecular formula is C30H48N2O3.